The minimum absolute atomic E-state index is 0.0510. The van der Waals surface area contributed by atoms with Gasteiger partial charge in [-0.3, -0.25) is 9.89 Å². The summed E-state index contributed by atoms with van der Waals surface area (Å²) in [5.41, 5.74) is 10.5. The van der Waals surface area contributed by atoms with E-state index in [1.54, 1.807) is 0 Å². The Hall–Kier alpha value is -3.55. The number of rotatable bonds is 8. The fourth-order valence-electron chi connectivity index (χ4n) is 3.45. The molecule has 0 unspecified atom stereocenters. The standard InChI is InChI=1S/C21H16N4O.C7H18OSi/c22-19(26)21-23-20(24-25-21)16-10-6-9-15(13-16)18-12-5-4-11-17(18)14-7-2-1-3-8-14;1-5-8-6-7-9(2,3)4/h1-13H,(H2,22,26)(H,23,24,25);5-7H2,1-4H3. The third-order valence-electron chi connectivity index (χ3n) is 5.36. The molecule has 0 fully saturated rings. The first-order valence-corrected chi connectivity index (χ1v) is 15.5. The number of amides is 1. The van der Waals surface area contributed by atoms with Crippen LogP contribution in [0.4, 0.5) is 0 Å². The fraction of sp³-hybridized carbons (Fsp3) is 0.250. The molecular weight excluding hydrogens is 452 g/mol. The number of nitrogens with one attached hydrogen (secondary N) is 1. The van der Waals surface area contributed by atoms with E-state index in [1.165, 1.54) is 6.04 Å². The minimum Gasteiger partial charge on any atom is -0.382 e. The molecule has 35 heavy (non-hydrogen) atoms. The van der Waals surface area contributed by atoms with Crippen LogP contribution in [0.25, 0.3) is 33.6 Å². The monoisotopic (exact) mass is 486 g/mol. The topological polar surface area (TPSA) is 93.9 Å². The van der Waals surface area contributed by atoms with Gasteiger partial charge in [0, 0.05) is 26.9 Å². The number of primary amides is 1. The van der Waals surface area contributed by atoms with Gasteiger partial charge in [0.25, 0.3) is 5.91 Å². The van der Waals surface area contributed by atoms with Crippen LogP contribution in [-0.4, -0.2) is 42.4 Å². The first-order chi connectivity index (χ1) is 16.8. The number of nitrogens with two attached hydrogens (primary N) is 1. The Bertz CT molecular complexity index is 1230. The van der Waals surface area contributed by atoms with Crippen LogP contribution in [0.1, 0.15) is 17.5 Å². The molecular formula is C28H34N4O2Si. The van der Waals surface area contributed by atoms with Crippen molar-refractivity contribution in [1.29, 1.82) is 0 Å². The molecule has 1 aromatic heterocycles. The average Bonchev–Trinajstić information content (AvgIpc) is 3.36. The van der Waals surface area contributed by atoms with E-state index in [-0.39, 0.29) is 5.82 Å². The van der Waals surface area contributed by atoms with Crippen molar-refractivity contribution in [2.45, 2.75) is 32.6 Å². The lowest BCUT2D eigenvalue weighted by Gasteiger charge is -2.14. The Morgan fingerprint density at radius 3 is 2.09 bits per heavy atom. The van der Waals surface area contributed by atoms with E-state index in [0.29, 0.717) is 5.82 Å². The van der Waals surface area contributed by atoms with E-state index in [9.17, 15) is 4.79 Å². The van der Waals surface area contributed by atoms with Crippen LogP contribution >= 0.6 is 0 Å². The van der Waals surface area contributed by atoms with Gasteiger partial charge in [0.15, 0.2) is 5.82 Å². The molecule has 7 heteroatoms. The summed E-state index contributed by atoms with van der Waals surface area (Å²) in [4.78, 5) is 15.4. The number of carbonyl (C=O) groups excluding carboxylic acids is 1. The number of H-pyrrole nitrogens is 1. The molecule has 1 amide bonds. The second kappa shape index (κ2) is 12.2. The van der Waals surface area contributed by atoms with Crippen LogP contribution in [0.2, 0.25) is 25.7 Å². The predicted octanol–water partition coefficient (Wildman–Crippen LogP) is 6.27. The molecule has 4 rings (SSSR count). The number of benzene rings is 3. The van der Waals surface area contributed by atoms with Crippen molar-refractivity contribution >= 4 is 14.0 Å². The van der Waals surface area contributed by atoms with Gasteiger partial charge in [0.05, 0.1) is 0 Å². The van der Waals surface area contributed by atoms with Crippen LogP contribution in [0.15, 0.2) is 78.9 Å². The highest BCUT2D eigenvalue weighted by Gasteiger charge is 2.13. The zero-order chi connectivity index (χ0) is 25.3. The maximum atomic E-state index is 11.2. The number of carbonyl (C=O) groups is 1. The summed E-state index contributed by atoms with van der Waals surface area (Å²) in [5, 5.41) is 6.65. The van der Waals surface area contributed by atoms with Crippen molar-refractivity contribution in [2.75, 3.05) is 13.2 Å². The van der Waals surface area contributed by atoms with Gasteiger partial charge < -0.3 is 10.5 Å². The van der Waals surface area contributed by atoms with Crippen molar-refractivity contribution in [2.24, 2.45) is 5.73 Å². The van der Waals surface area contributed by atoms with Crippen LogP contribution in [0.5, 0.6) is 0 Å². The molecule has 0 aliphatic carbocycles. The first-order valence-electron chi connectivity index (χ1n) is 11.8. The summed E-state index contributed by atoms with van der Waals surface area (Å²) in [6.45, 7) is 11.0. The minimum atomic E-state index is -0.819. The van der Waals surface area contributed by atoms with Gasteiger partial charge in [0.2, 0.25) is 5.82 Å². The Kier molecular flexibility index (Phi) is 9.11. The van der Waals surface area contributed by atoms with E-state index < -0.39 is 14.0 Å². The number of hydrogen-bond acceptors (Lipinski definition) is 4. The smallest absolute Gasteiger partial charge is 0.286 e. The highest BCUT2D eigenvalue weighted by molar-refractivity contribution is 6.76. The van der Waals surface area contributed by atoms with Crippen LogP contribution in [0, 0.1) is 0 Å². The molecule has 182 valence electrons. The molecule has 3 N–H and O–H groups in total. The summed E-state index contributed by atoms with van der Waals surface area (Å²) in [6, 6.07) is 27.7. The maximum absolute atomic E-state index is 11.2. The molecule has 0 saturated carbocycles. The number of nitrogens with zero attached hydrogens (tertiary/aromatic N) is 2. The second-order valence-electron chi connectivity index (χ2n) is 9.37. The summed E-state index contributed by atoms with van der Waals surface area (Å²) in [7, 11) is -0.819. The number of aromatic nitrogens is 3. The van der Waals surface area contributed by atoms with E-state index in [4.69, 9.17) is 10.5 Å². The van der Waals surface area contributed by atoms with Crippen LogP contribution in [-0.2, 0) is 4.74 Å². The van der Waals surface area contributed by atoms with Gasteiger partial charge in [-0.2, -0.15) is 5.10 Å². The normalized spacial score (nSPS) is 11.0. The highest BCUT2D eigenvalue weighted by Crippen LogP contribution is 2.33. The SMILES string of the molecule is CCOCC[Si](C)(C)C.NC(=O)c1nc(-c2cccc(-c3ccccc3-c3ccccc3)c2)n[nH]1. The summed E-state index contributed by atoms with van der Waals surface area (Å²) in [6.07, 6.45) is 0. The lowest BCUT2D eigenvalue weighted by atomic mass is 9.94. The third-order valence-corrected chi connectivity index (χ3v) is 7.07. The lowest BCUT2D eigenvalue weighted by Crippen LogP contribution is -2.21. The van der Waals surface area contributed by atoms with E-state index in [2.05, 4.69) is 59.1 Å². The molecule has 0 bridgehead atoms. The van der Waals surface area contributed by atoms with Gasteiger partial charge >= 0.3 is 0 Å². The van der Waals surface area contributed by atoms with Gasteiger partial charge in [-0.1, -0.05) is 92.4 Å². The third kappa shape index (κ3) is 7.73. The maximum Gasteiger partial charge on any atom is 0.286 e. The number of aromatic amines is 1. The van der Waals surface area contributed by atoms with Gasteiger partial charge in [-0.15, -0.1) is 0 Å². The molecule has 0 aliphatic rings. The largest absolute Gasteiger partial charge is 0.382 e. The molecule has 1 heterocycles. The molecule has 0 spiro atoms. The summed E-state index contributed by atoms with van der Waals surface area (Å²) in [5.74, 6) is -0.137. The van der Waals surface area contributed by atoms with E-state index >= 15 is 0 Å². The highest BCUT2D eigenvalue weighted by atomic mass is 28.3. The zero-order valence-corrected chi connectivity index (χ0v) is 21.9. The van der Waals surface area contributed by atoms with E-state index in [1.807, 2.05) is 61.5 Å². The quantitative estimate of drug-likeness (QED) is 0.227. The molecule has 0 atom stereocenters. The number of hydrogen-bond donors (Lipinski definition) is 2. The Morgan fingerprint density at radius 2 is 1.49 bits per heavy atom. The van der Waals surface area contributed by atoms with Crippen molar-refractivity contribution in [3.8, 4) is 33.6 Å². The Morgan fingerprint density at radius 1 is 0.886 bits per heavy atom. The predicted molar refractivity (Wildman–Crippen MR) is 146 cm³/mol. The van der Waals surface area contributed by atoms with Crippen molar-refractivity contribution < 1.29 is 9.53 Å². The van der Waals surface area contributed by atoms with Gasteiger partial charge in [0.1, 0.15) is 0 Å². The van der Waals surface area contributed by atoms with Crippen molar-refractivity contribution in [3.63, 3.8) is 0 Å². The molecule has 0 aliphatic heterocycles. The average molecular weight is 487 g/mol. The fourth-order valence-corrected chi connectivity index (χ4v) is 4.21. The number of ether oxygens (including phenoxy) is 1. The molecule has 4 aromatic rings. The van der Waals surface area contributed by atoms with Gasteiger partial charge in [-0.25, -0.2) is 4.98 Å². The molecule has 6 nitrogen and oxygen atoms in total. The molecule has 3 aromatic carbocycles. The van der Waals surface area contributed by atoms with Crippen LogP contribution < -0.4 is 5.73 Å². The molecule has 0 saturated heterocycles. The van der Waals surface area contributed by atoms with Gasteiger partial charge in [-0.05, 0) is 41.3 Å². The van der Waals surface area contributed by atoms with Crippen molar-refractivity contribution in [1.82, 2.24) is 15.2 Å². The van der Waals surface area contributed by atoms with Crippen molar-refractivity contribution in [3.05, 3.63) is 84.7 Å². The second-order valence-corrected chi connectivity index (χ2v) is 15.0. The zero-order valence-electron chi connectivity index (χ0n) is 20.9. The molecule has 0 radical (unpaired) electrons. The van der Waals surface area contributed by atoms with E-state index in [0.717, 1.165) is 41.0 Å². The lowest BCUT2D eigenvalue weighted by molar-refractivity contribution is 0.0991. The Labute approximate surface area is 208 Å². The summed E-state index contributed by atoms with van der Waals surface area (Å²) >= 11 is 0. The Balaban J connectivity index is 0.000000327. The first kappa shape index (κ1) is 26.1. The summed E-state index contributed by atoms with van der Waals surface area (Å²) < 4.78 is 5.24. The van der Waals surface area contributed by atoms with Crippen LogP contribution in [0.3, 0.4) is 0 Å².